The van der Waals surface area contributed by atoms with Crippen LogP contribution < -0.4 is 5.32 Å². The van der Waals surface area contributed by atoms with Gasteiger partial charge in [-0.25, -0.2) is 9.97 Å². The van der Waals surface area contributed by atoms with Gasteiger partial charge >= 0.3 is 6.18 Å². The van der Waals surface area contributed by atoms with Gasteiger partial charge in [-0.1, -0.05) is 11.6 Å². The molecule has 1 aliphatic heterocycles. The average Bonchev–Trinajstić information content (AvgIpc) is 3.27. The lowest BCUT2D eigenvalue weighted by atomic mass is 10.0. The Balaban J connectivity index is 1.88. The Morgan fingerprint density at radius 2 is 2.00 bits per heavy atom. The number of nitrogens with one attached hydrogen (secondary N) is 1. The summed E-state index contributed by atoms with van der Waals surface area (Å²) in [6.07, 6.45) is 0.711. The van der Waals surface area contributed by atoms with Gasteiger partial charge in [0.2, 0.25) is 0 Å². The zero-order valence-corrected chi connectivity index (χ0v) is 14.4. The molecule has 0 fully saturated rings. The van der Waals surface area contributed by atoms with Crippen LogP contribution in [0, 0.1) is 11.3 Å². The lowest BCUT2D eigenvalue weighted by Gasteiger charge is -2.10. The van der Waals surface area contributed by atoms with Gasteiger partial charge in [-0.2, -0.15) is 18.4 Å². The van der Waals surface area contributed by atoms with Crippen molar-refractivity contribution in [3.8, 4) is 23.0 Å². The van der Waals surface area contributed by atoms with E-state index in [4.69, 9.17) is 11.6 Å². The second-order valence-electron chi connectivity index (χ2n) is 6.00. The van der Waals surface area contributed by atoms with Gasteiger partial charge in [0.05, 0.1) is 11.1 Å². The molecule has 3 aromatic rings. The fraction of sp³-hybridized carbons (Fsp3) is 0.167. The van der Waals surface area contributed by atoms with Crippen molar-refractivity contribution in [3.05, 3.63) is 58.6 Å². The molecular formula is C18H11ClF3N5. The molecule has 4 rings (SSSR count). The van der Waals surface area contributed by atoms with E-state index in [9.17, 15) is 18.4 Å². The van der Waals surface area contributed by atoms with Gasteiger partial charge in [0, 0.05) is 40.7 Å². The molecule has 1 aliphatic rings. The normalized spacial score (nSPS) is 13.1. The molecule has 2 aromatic heterocycles. The standard InChI is InChI=1S/C18H11ClF3N5/c19-15-2-1-11(18(20,21)22)5-13(15)14-8-27(7-10(14)6-23)17-12-3-4-24-16(12)25-9-26-17/h1-2,5,7-9H,3-4H2,(H,24,25,26). The van der Waals surface area contributed by atoms with Crippen LogP contribution in [0.2, 0.25) is 5.02 Å². The molecule has 0 atom stereocenters. The molecular weight excluding hydrogens is 379 g/mol. The molecule has 0 aliphatic carbocycles. The highest BCUT2D eigenvalue weighted by Crippen LogP contribution is 2.38. The number of anilines is 1. The number of nitriles is 1. The second-order valence-corrected chi connectivity index (χ2v) is 6.41. The third-order valence-electron chi connectivity index (χ3n) is 4.37. The van der Waals surface area contributed by atoms with E-state index in [1.54, 1.807) is 10.8 Å². The largest absolute Gasteiger partial charge is 0.416 e. The Morgan fingerprint density at radius 1 is 1.19 bits per heavy atom. The van der Waals surface area contributed by atoms with Gasteiger partial charge < -0.3 is 9.88 Å². The topological polar surface area (TPSA) is 66.5 Å². The highest BCUT2D eigenvalue weighted by Gasteiger charge is 2.31. The maximum absolute atomic E-state index is 13.1. The fourth-order valence-corrected chi connectivity index (χ4v) is 3.32. The summed E-state index contributed by atoms with van der Waals surface area (Å²) in [7, 11) is 0. The van der Waals surface area contributed by atoms with Crippen LogP contribution in [0.4, 0.5) is 19.0 Å². The van der Waals surface area contributed by atoms with Gasteiger partial charge in [0.25, 0.3) is 0 Å². The minimum Gasteiger partial charge on any atom is -0.369 e. The summed E-state index contributed by atoms with van der Waals surface area (Å²) in [5.74, 6) is 1.29. The van der Waals surface area contributed by atoms with Gasteiger partial charge in [0.15, 0.2) is 0 Å². The first-order valence-electron chi connectivity index (χ1n) is 7.96. The summed E-state index contributed by atoms with van der Waals surface area (Å²) < 4.78 is 40.9. The summed E-state index contributed by atoms with van der Waals surface area (Å²) >= 11 is 6.14. The number of benzene rings is 1. The molecule has 0 radical (unpaired) electrons. The van der Waals surface area contributed by atoms with Crippen molar-refractivity contribution in [3.63, 3.8) is 0 Å². The average molecular weight is 390 g/mol. The first kappa shape index (κ1) is 17.4. The Bertz CT molecular complexity index is 1080. The number of hydrogen-bond donors (Lipinski definition) is 1. The van der Waals surface area contributed by atoms with Crippen molar-refractivity contribution in [2.75, 3.05) is 11.9 Å². The second kappa shape index (κ2) is 6.28. The molecule has 5 nitrogen and oxygen atoms in total. The number of rotatable bonds is 2. The lowest BCUT2D eigenvalue weighted by molar-refractivity contribution is -0.137. The van der Waals surface area contributed by atoms with Gasteiger partial charge in [0.1, 0.15) is 24.0 Å². The summed E-state index contributed by atoms with van der Waals surface area (Å²) in [6, 6.07) is 5.07. The van der Waals surface area contributed by atoms with Crippen LogP contribution in [0.1, 0.15) is 16.7 Å². The summed E-state index contributed by atoms with van der Waals surface area (Å²) in [6.45, 7) is 0.722. The molecule has 1 aromatic carbocycles. The van der Waals surface area contributed by atoms with Crippen LogP contribution in [-0.4, -0.2) is 21.1 Å². The number of nitrogens with zero attached hydrogens (tertiary/aromatic N) is 4. The Morgan fingerprint density at radius 3 is 2.74 bits per heavy atom. The molecule has 0 unspecified atom stereocenters. The predicted molar refractivity (Wildman–Crippen MR) is 93.7 cm³/mol. The molecule has 0 bridgehead atoms. The number of hydrogen-bond acceptors (Lipinski definition) is 4. The van der Waals surface area contributed by atoms with Crippen LogP contribution in [-0.2, 0) is 12.6 Å². The number of fused-ring (bicyclic) bond motifs is 1. The van der Waals surface area contributed by atoms with E-state index >= 15 is 0 Å². The quantitative estimate of drug-likeness (QED) is 0.703. The van der Waals surface area contributed by atoms with E-state index in [0.717, 1.165) is 24.2 Å². The van der Waals surface area contributed by atoms with E-state index in [0.29, 0.717) is 23.6 Å². The van der Waals surface area contributed by atoms with Crippen LogP contribution in [0.3, 0.4) is 0 Å². The van der Waals surface area contributed by atoms with Crippen LogP contribution in [0.15, 0.2) is 36.9 Å². The molecule has 9 heteroatoms. The third kappa shape index (κ3) is 3.00. The van der Waals surface area contributed by atoms with Crippen LogP contribution in [0.25, 0.3) is 16.9 Å². The van der Waals surface area contributed by atoms with Gasteiger partial charge in [-0.15, -0.1) is 0 Å². The molecule has 0 saturated carbocycles. The van der Waals surface area contributed by atoms with Crippen molar-refractivity contribution < 1.29 is 13.2 Å². The SMILES string of the molecule is N#Cc1cn(-c2ncnc3c2CCN3)cc1-c1cc(C(F)(F)F)ccc1Cl. The first-order chi connectivity index (χ1) is 12.9. The Labute approximate surface area is 157 Å². The molecule has 1 N–H and O–H groups in total. The van der Waals surface area contributed by atoms with Gasteiger partial charge in [-0.05, 0) is 24.6 Å². The minimum atomic E-state index is -4.51. The predicted octanol–water partition coefficient (Wildman–Crippen LogP) is 4.45. The van der Waals surface area contributed by atoms with E-state index in [1.807, 2.05) is 6.07 Å². The Kier molecular flexibility index (Phi) is 4.04. The first-order valence-corrected chi connectivity index (χ1v) is 8.33. The number of halogens is 4. The number of alkyl halides is 3. The van der Waals surface area contributed by atoms with Crippen LogP contribution in [0.5, 0.6) is 0 Å². The molecule has 136 valence electrons. The maximum atomic E-state index is 13.1. The number of aromatic nitrogens is 3. The molecule has 27 heavy (non-hydrogen) atoms. The third-order valence-corrected chi connectivity index (χ3v) is 4.70. The fourth-order valence-electron chi connectivity index (χ4n) is 3.10. The molecule has 0 saturated heterocycles. The molecule has 0 amide bonds. The van der Waals surface area contributed by atoms with E-state index in [1.165, 1.54) is 18.6 Å². The minimum absolute atomic E-state index is 0.131. The van der Waals surface area contributed by atoms with Crippen molar-refractivity contribution in [1.82, 2.24) is 14.5 Å². The Hall–Kier alpha value is -3.05. The van der Waals surface area contributed by atoms with Crippen molar-refractivity contribution >= 4 is 17.4 Å². The highest BCUT2D eigenvalue weighted by molar-refractivity contribution is 6.33. The van der Waals surface area contributed by atoms with Crippen molar-refractivity contribution in [2.45, 2.75) is 12.6 Å². The summed E-state index contributed by atoms with van der Waals surface area (Å²) in [5, 5.41) is 12.7. The maximum Gasteiger partial charge on any atom is 0.416 e. The monoisotopic (exact) mass is 389 g/mol. The highest BCUT2D eigenvalue weighted by atomic mass is 35.5. The molecule has 0 spiro atoms. The van der Waals surface area contributed by atoms with Crippen molar-refractivity contribution in [1.29, 1.82) is 5.26 Å². The zero-order chi connectivity index (χ0) is 19.2. The van der Waals surface area contributed by atoms with Crippen LogP contribution >= 0.6 is 11.6 Å². The zero-order valence-electron chi connectivity index (χ0n) is 13.7. The van der Waals surface area contributed by atoms with E-state index in [2.05, 4.69) is 15.3 Å². The van der Waals surface area contributed by atoms with E-state index in [-0.39, 0.29) is 16.1 Å². The van der Waals surface area contributed by atoms with E-state index < -0.39 is 11.7 Å². The molecule has 3 heterocycles. The summed E-state index contributed by atoms with van der Waals surface area (Å²) in [5.41, 5.74) is 0.719. The summed E-state index contributed by atoms with van der Waals surface area (Å²) in [4.78, 5) is 8.43. The van der Waals surface area contributed by atoms with Gasteiger partial charge in [-0.3, -0.25) is 0 Å². The van der Waals surface area contributed by atoms with Crippen molar-refractivity contribution in [2.24, 2.45) is 0 Å². The smallest absolute Gasteiger partial charge is 0.369 e. The lowest BCUT2D eigenvalue weighted by Crippen LogP contribution is -2.04.